The van der Waals surface area contributed by atoms with Crippen molar-refractivity contribution in [3.63, 3.8) is 0 Å². The first-order chi connectivity index (χ1) is 13.8. The van der Waals surface area contributed by atoms with Gasteiger partial charge in [-0.05, 0) is 49.4 Å². The lowest BCUT2D eigenvalue weighted by atomic mass is 9.79. The maximum Gasteiger partial charge on any atom is 0.349 e. The summed E-state index contributed by atoms with van der Waals surface area (Å²) in [6, 6.07) is 11.2. The number of piperidine rings is 1. The number of aliphatic hydroxyl groups is 1. The molecule has 1 aliphatic rings. The van der Waals surface area contributed by atoms with E-state index in [2.05, 4.69) is 24.5 Å². The zero-order valence-electron chi connectivity index (χ0n) is 17.3. The monoisotopic (exact) mass is 398 g/mol. The van der Waals surface area contributed by atoms with Crippen molar-refractivity contribution in [3.05, 3.63) is 69.3 Å². The van der Waals surface area contributed by atoms with Crippen molar-refractivity contribution < 1.29 is 14.3 Å². The molecule has 6 nitrogen and oxygen atoms in total. The molecule has 0 bridgehead atoms. The van der Waals surface area contributed by atoms with Crippen LogP contribution in [0.5, 0.6) is 0 Å². The van der Waals surface area contributed by atoms with Crippen LogP contribution in [-0.2, 0) is 12.0 Å². The van der Waals surface area contributed by atoms with Crippen LogP contribution in [-0.4, -0.2) is 30.2 Å². The Morgan fingerprint density at radius 3 is 2.69 bits per heavy atom. The molecule has 2 heterocycles. The Morgan fingerprint density at radius 2 is 2.07 bits per heavy atom. The molecule has 6 heteroatoms. The van der Waals surface area contributed by atoms with E-state index >= 15 is 0 Å². The minimum absolute atomic E-state index is 0.000615. The van der Waals surface area contributed by atoms with Crippen LogP contribution in [0.3, 0.4) is 0 Å². The molecule has 1 amide bonds. The fourth-order valence-corrected chi connectivity index (χ4v) is 3.92. The summed E-state index contributed by atoms with van der Waals surface area (Å²) in [5, 5.41) is 16.9. The van der Waals surface area contributed by atoms with E-state index in [-0.39, 0.29) is 5.56 Å². The smallest absolute Gasteiger partial charge is 0.349 e. The van der Waals surface area contributed by atoms with Gasteiger partial charge in [-0.1, -0.05) is 44.2 Å². The maximum absolute atomic E-state index is 13.2. The van der Waals surface area contributed by atoms with Crippen molar-refractivity contribution in [2.24, 2.45) is 5.92 Å². The van der Waals surface area contributed by atoms with Gasteiger partial charge in [0.05, 0.1) is 11.6 Å². The maximum atomic E-state index is 13.2. The molecule has 2 atom stereocenters. The van der Waals surface area contributed by atoms with E-state index in [0.717, 1.165) is 12.0 Å². The molecular formula is C23H30N2O4. The minimum atomic E-state index is -0.960. The summed E-state index contributed by atoms with van der Waals surface area (Å²) in [5.74, 6) is 0.574. The van der Waals surface area contributed by atoms with Gasteiger partial charge in [0, 0.05) is 13.0 Å². The molecule has 0 saturated carbocycles. The van der Waals surface area contributed by atoms with Gasteiger partial charge in [-0.25, -0.2) is 4.79 Å². The van der Waals surface area contributed by atoms with Crippen LogP contribution in [0, 0.1) is 12.8 Å². The normalized spacial score (nSPS) is 21.9. The summed E-state index contributed by atoms with van der Waals surface area (Å²) in [6.45, 7) is 6.98. The number of rotatable bonds is 6. The number of benzene rings is 1. The molecule has 0 unspecified atom stereocenters. The van der Waals surface area contributed by atoms with Crippen molar-refractivity contribution in [2.45, 2.75) is 51.7 Å². The Labute approximate surface area is 171 Å². The van der Waals surface area contributed by atoms with Gasteiger partial charge in [-0.3, -0.25) is 4.79 Å². The lowest BCUT2D eigenvalue weighted by Crippen LogP contribution is -2.61. The largest absolute Gasteiger partial charge is 0.427 e. The molecule has 0 spiro atoms. The van der Waals surface area contributed by atoms with Gasteiger partial charge in [0.25, 0.3) is 5.91 Å². The Kier molecular flexibility index (Phi) is 6.55. The molecule has 1 fully saturated rings. The fourth-order valence-electron chi connectivity index (χ4n) is 3.92. The highest BCUT2D eigenvalue weighted by Crippen LogP contribution is 2.31. The first kappa shape index (κ1) is 21.3. The molecule has 0 radical (unpaired) electrons. The third kappa shape index (κ3) is 4.60. The van der Waals surface area contributed by atoms with Crippen LogP contribution in [0.2, 0.25) is 0 Å². The van der Waals surface area contributed by atoms with Crippen LogP contribution in [0.25, 0.3) is 0 Å². The first-order valence-corrected chi connectivity index (χ1v) is 10.2. The average molecular weight is 399 g/mol. The Balaban J connectivity index is 1.92. The second-order valence-electron chi connectivity index (χ2n) is 8.25. The van der Waals surface area contributed by atoms with Gasteiger partial charge < -0.3 is 20.2 Å². The van der Waals surface area contributed by atoms with Crippen LogP contribution < -0.4 is 16.3 Å². The van der Waals surface area contributed by atoms with Crippen molar-refractivity contribution in [1.29, 1.82) is 0 Å². The fraction of sp³-hybridized carbons (Fsp3) is 0.478. The molecule has 156 valence electrons. The van der Waals surface area contributed by atoms with E-state index in [1.807, 2.05) is 30.3 Å². The molecule has 3 N–H and O–H groups in total. The molecule has 1 saturated heterocycles. The van der Waals surface area contributed by atoms with Crippen LogP contribution in [0.1, 0.15) is 53.9 Å². The summed E-state index contributed by atoms with van der Waals surface area (Å²) in [6.07, 6.45) is 1.26. The molecule has 1 aromatic heterocycles. The zero-order valence-corrected chi connectivity index (χ0v) is 17.3. The molecule has 29 heavy (non-hydrogen) atoms. The highest BCUT2D eigenvalue weighted by molar-refractivity contribution is 5.95. The summed E-state index contributed by atoms with van der Waals surface area (Å²) in [5.41, 5.74) is -0.187. The van der Waals surface area contributed by atoms with Gasteiger partial charge in [0.15, 0.2) is 0 Å². The number of nitrogens with one attached hydrogen (secondary N) is 2. The Morgan fingerprint density at radius 1 is 1.34 bits per heavy atom. The van der Waals surface area contributed by atoms with Crippen molar-refractivity contribution >= 4 is 5.91 Å². The van der Waals surface area contributed by atoms with E-state index in [9.17, 15) is 14.7 Å². The van der Waals surface area contributed by atoms with E-state index in [1.165, 1.54) is 0 Å². The number of carbonyl (C=O) groups is 1. The number of aryl methyl sites for hydroxylation is 2. The average Bonchev–Trinajstić information content (AvgIpc) is 2.68. The topological polar surface area (TPSA) is 91.6 Å². The number of β-amino-alcohol motifs (C(OH)–C–C–N with tert-alkyl or cyclic N) is 1. The third-order valence-corrected chi connectivity index (χ3v) is 5.62. The zero-order chi connectivity index (χ0) is 21.0. The summed E-state index contributed by atoms with van der Waals surface area (Å²) < 4.78 is 5.42. The quantitative estimate of drug-likeness (QED) is 0.695. The number of amides is 1. The lowest BCUT2D eigenvalue weighted by molar-refractivity contribution is 0.0288. The van der Waals surface area contributed by atoms with Gasteiger partial charge in [0.2, 0.25) is 0 Å². The van der Waals surface area contributed by atoms with E-state index in [1.54, 1.807) is 13.0 Å². The highest BCUT2D eigenvalue weighted by Gasteiger charge is 2.43. The molecule has 1 aromatic carbocycles. The molecule has 1 aliphatic heterocycles. The SMILES string of the molecule is Cc1cc(CCC(C)C)oc(=O)c1C(=O)N[C@]1(c2ccccc2)CCNC[C@H]1O. The predicted molar refractivity (Wildman–Crippen MR) is 112 cm³/mol. The van der Waals surface area contributed by atoms with Gasteiger partial charge in [0.1, 0.15) is 11.3 Å². The summed E-state index contributed by atoms with van der Waals surface area (Å²) in [7, 11) is 0. The third-order valence-electron chi connectivity index (χ3n) is 5.62. The van der Waals surface area contributed by atoms with Gasteiger partial charge >= 0.3 is 5.63 Å². The van der Waals surface area contributed by atoms with Crippen LogP contribution in [0.4, 0.5) is 0 Å². The minimum Gasteiger partial charge on any atom is -0.427 e. The Hall–Kier alpha value is -2.44. The Bertz CT molecular complexity index is 907. The van der Waals surface area contributed by atoms with Gasteiger partial charge in [-0.2, -0.15) is 0 Å². The first-order valence-electron chi connectivity index (χ1n) is 10.2. The van der Waals surface area contributed by atoms with Crippen LogP contribution >= 0.6 is 0 Å². The second-order valence-corrected chi connectivity index (χ2v) is 8.25. The number of hydrogen-bond acceptors (Lipinski definition) is 5. The van der Waals surface area contributed by atoms with E-state index in [4.69, 9.17) is 4.42 Å². The van der Waals surface area contributed by atoms with E-state index < -0.39 is 23.2 Å². The van der Waals surface area contributed by atoms with Crippen molar-refractivity contribution in [2.75, 3.05) is 13.1 Å². The van der Waals surface area contributed by atoms with Crippen LogP contribution in [0.15, 0.2) is 45.6 Å². The standard InChI is InChI=1S/C23H30N2O4/c1-15(2)9-10-18-13-16(3)20(22(28)29-18)21(27)25-23(11-12-24-14-19(23)26)17-7-5-4-6-8-17/h4-8,13,15,19,24,26H,9-12,14H2,1-3H3,(H,25,27)/t19-,23+/m1/s1. The summed E-state index contributed by atoms with van der Waals surface area (Å²) >= 11 is 0. The lowest BCUT2D eigenvalue weighted by Gasteiger charge is -2.43. The number of aliphatic hydroxyl groups excluding tert-OH is 1. The van der Waals surface area contributed by atoms with Crippen molar-refractivity contribution in [1.82, 2.24) is 10.6 Å². The summed E-state index contributed by atoms with van der Waals surface area (Å²) in [4.78, 5) is 25.8. The molecule has 2 aromatic rings. The number of carbonyl (C=O) groups excluding carboxylic acids is 1. The predicted octanol–water partition coefficient (Wildman–Crippen LogP) is 2.52. The number of hydrogen-bond donors (Lipinski definition) is 3. The molecular weight excluding hydrogens is 368 g/mol. The van der Waals surface area contributed by atoms with Gasteiger partial charge in [-0.15, -0.1) is 0 Å². The van der Waals surface area contributed by atoms with Crippen molar-refractivity contribution in [3.8, 4) is 0 Å². The highest BCUT2D eigenvalue weighted by atomic mass is 16.4. The van der Waals surface area contributed by atoms with E-state index in [0.29, 0.717) is 43.2 Å². The molecule has 0 aliphatic carbocycles. The molecule has 3 rings (SSSR count). The second kappa shape index (κ2) is 8.93.